The first-order valence-electron chi connectivity index (χ1n) is 9.16. The molecule has 0 saturated carbocycles. The summed E-state index contributed by atoms with van der Waals surface area (Å²) in [4.78, 5) is 34.3. The Labute approximate surface area is 159 Å². The lowest BCUT2D eigenvalue weighted by Crippen LogP contribution is -2.32. The molecule has 0 radical (unpaired) electrons. The lowest BCUT2D eigenvalue weighted by Gasteiger charge is -2.09. The summed E-state index contributed by atoms with van der Waals surface area (Å²) in [5.74, 6) is -0.105. The molecular formula is C18H38N2O6. The van der Waals surface area contributed by atoms with Crippen molar-refractivity contribution in [2.24, 2.45) is 5.92 Å². The lowest BCUT2D eigenvalue weighted by molar-refractivity contribution is -0.127. The van der Waals surface area contributed by atoms with Crippen molar-refractivity contribution in [1.29, 1.82) is 0 Å². The van der Waals surface area contributed by atoms with Crippen molar-refractivity contribution in [2.45, 2.75) is 46.6 Å². The fourth-order valence-corrected chi connectivity index (χ4v) is 1.74. The van der Waals surface area contributed by atoms with Crippen molar-refractivity contribution in [3.8, 4) is 0 Å². The summed E-state index contributed by atoms with van der Waals surface area (Å²) >= 11 is 0. The summed E-state index contributed by atoms with van der Waals surface area (Å²) < 4.78 is 15.8. The molecule has 0 aliphatic rings. The SMILES string of the molecule is CC(C)OCC(=O)NCCOCCC(=O)NCCOCCC(=O)C(C)C.[HH].[HH]. The van der Waals surface area contributed by atoms with Crippen molar-refractivity contribution >= 4 is 17.6 Å². The normalized spacial score (nSPS) is 11.0. The quantitative estimate of drug-likeness (QED) is 0.391. The van der Waals surface area contributed by atoms with Gasteiger partial charge >= 0.3 is 0 Å². The molecule has 0 fully saturated rings. The Morgan fingerprint density at radius 3 is 1.88 bits per heavy atom. The average molecular weight is 379 g/mol. The zero-order valence-electron chi connectivity index (χ0n) is 16.5. The second-order valence-corrected chi connectivity index (χ2v) is 6.41. The maximum absolute atomic E-state index is 11.6. The van der Waals surface area contributed by atoms with Gasteiger partial charge in [0.1, 0.15) is 12.4 Å². The van der Waals surface area contributed by atoms with E-state index in [4.69, 9.17) is 14.2 Å². The van der Waals surface area contributed by atoms with Crippen LogP contribution in [-0.4, -0.2) is 69.8 Å². The Bertz CT molecular complexity index is 423. The molecule has 0 rings (SSSR count). The Kier molecular flexibility index (Phi) is 14.8. The molecule has 2 amide bonds. The Morgan fingerprint density at radius 2 is 1.35 bits per heavy atom. The minimum absolute atomic E-state index is 0. The van der Waals surface area contributed by atoms with Gasteiger partial charge in [-0.3, -0.25) is 14.4 Å². The van der Waals surface area contributed by atoms with E-state index in [1.807, 2.05) is 27.7 Å². The second kappa shape index (κ2) is 15.7. The van der Waals surface area contributed by atoms with Crippen LogP contribution < -0.4 is 10.6 Å². The van der Waals surface area contributed by atoms with Crippen LogP contribution in [0.1, 0.15) is 43.4 Å². The number of Topliss-reactive ketones (excluding diaryl/α,β-unsaturated/α-hetero) is 1. The Morgan fingerprint density at radius 1 is 0.808 bits per heavy atom. The molecule has 8 nitrogen and oxygen atoms in total. The summed E-state index contributed by atoms with van der Waals surface area (Å²) in [6.07, 6.45) is 0.666. The third-order valence-electron chi connectivity index (χ3n) is 3.30. The maximum Gasteiger partial charge on any atom is 0.246 e. The van der Waals surface area contributed by atoms with Crippen LogP contribution in [0.3, 0.4) is 0 Å². The van der Waals surface area contributed by atoms with Gasteiger partial charge in [0.25, 0.3) is 0 Å². The number of ketones is 1. The highest BCUT2D eigenvalue weighted by atomic mass is 16.5. The summed E-state index contributed by atoms with van der Waals surface area (Å²) in [6.45, 7) is 9.65. The van der Waals surface area contributed by atoms with Crippen LogP contribution in [0, 0.1) is 5.92 Å². The van der Waals surface area contributed by atoms with Gasteiger partial charge in [0.2, 0.25) is 11.8 Å². The van der Waals surface area contributed by atoms with Crippen LogP contribution in [0.4, 0.5) is 0 Å². The minimum atomic E-state index is -0.185. The van der Waals surface area contributed by atoms with E-state index in [-0.39, 0.29) is 52.1 Å². The van der Waals surface area contributed by atoms with Crippen molar-refractivity contribution in [1.82, 2.24) is 10.6 Å². The van der Waals surface area contributed by atoms with Crippen molar-refractivity contribution in [3.63, 3.8) is 0 Å². The molecule has 0 spiro atoms. The molecule has 156 valence electrons. The van der Waals surface area contributed by atoms with Gasteiger partial charge in [-0.05, 0) is 13.8 Å². The van der Waals surface area contributed by atoms with E-state index in [2.05, 4.69) is 10.6 Å². The topological polar surface area (TPSA) is 103 Å². The van der Waals surface area contributed by atoms with Gasteiger partial charge in [-0.1, -0.05) is 13.8 Å². The number of hydrogen-bond acceptors (Lipinski definition) is 6. The predicted octanol–water partition coefficient (Wildman–Crippen LogP) is 1.17. The lowest BCUT2D eigenvalue weighted by atomic mass is 10.1. The fourth-order valence-electron chi connectivity index (χ4n) is 1.74. The summed E-state index contributed by atoms with van der Waals surface area (Å²) in [6, 6.07) is 0. The molecule has 0 heterocycles. The molecule has 0 aliphatic heterocycles. The van der Waals surface area contributed by atoms with E-state index in [1.165, 1.54) is 0 Å². The van der Waals surface area contributed by atoms with E-state index >= 15 is 0 Å². The monoisotopic (exact) mass is 378 g/mol. The van der Waals surface area contributed by atoms with E-state index in [1.54, 1.807) is 0 Å². The number of nitrogens with one attached hydrogen (secondary N) is 2. The minimum Gasteiger partial charge on any atom is -0.379 e. The summed E-state index contributed by atoms with van der Waals surface area (Å²) in [5.41, 5.74) is 0. The van der Waals surface area contributed by atoms with Gasteiger partial charge < -0.3 is 24.8 Å². The van der Waals surface area contributed by atoms with Crippen LogP contribution in [0.25, 0.3) is 0 Å². The third kappa shape index (κ3) is 16.0. The van der Waals surface area contributed by atoms with Crippen molar-refractivity contribution in [2.75, 3.05) is 46.1 Å². The van der Waals surface area contributed by atoms with Crippen LogP contribution in [-0.2, 0) is 28.6 Å². The first kappa shape index (κ1) is 24.5. The zero-order chi connectivity index (χ0) is 19.8. The number of carbonyl (C=O) groups is 3. The summed E-state index contributed by atoms with van der Waals surface area (Å²) in [7, 11) is 0. The molecule has 26 heavy (non-hydrogen) atoms. The molecular weight excluding hydrogens is 340 g/mol. The first-order valence-corrected chi connectivity index (χ1v) is 9.16. The van der Waals surface area contributed by atoms with Crippen LogP contribution in [0.15, 0.2) is 0 Å². The van der Waals surface area contributed by atoms with Crippen molar-refractivity contribution in [3.05, 3.63) is 0 Å². The van der Waals surface area contributed by atoms with Gasteiger partial charge in [-0.15, -0.1) is 0 Å². The molecule has 0 atom stereocenters. The van der Waals surface area contributed by atoms with Gasteiger partial charge in [-0.25, -0.2) is 0 Å². The number of amides is 2. The van der Waals surface area contributed by atoms with Gasteiger partial charge in [-0.2, -0.15) is 0 Å². The largest absolute Gasteiger partial charge is 0.379 e. The van der Waals surface area contributed by atoms with Crippen LogP contribution in [0.5, 0.6) is 0 Å². The van der Waals surface area contributed by atoms with Crippen LogP contribution >= 0.6 is 0 Å². The van der Waals surface area contributed by atoms with Gasteiger partial charge in [0, 0.05) is 34.7 Å². The third-order valence-corrected chi connectivity index (χ3v) is 3.30. The maximum atomic E-state index is 11.6. The van der Waals surface area contributed by atoms with E-state index in [9.17, 15) is 14.4 Å². The smallest absolute Gasteiger partial charge is 0.246 e. The molecule has 0 unspecified atom stereocenters. The van der Waals surface area contributed by atoms with E-state index < -0.39 is 0 Å². The highest BCUT2D eigenvalue weighted by Gasteiger charge is 2.06. The highest BCUT2D eigenvalue weighted by Crippen LogP contribution is 1.98. The molecule has 0 aromatic carbocycles. The van der Waals surface area contributed by atoms with E-state index in [0.717, 1.165) is 0 Å². The number of carbonyl (C=O) groups excluding carboxylic acids is 3. The zero-order valence-corrected chi connectivity index (χ0v) is 16.5. The molecule has 0 bridgehead atoms. The first-order chi connectivity index (χ1) is 12.3. The molecule has 2 N–H and O–H groups in total. The second-order valence-electron chi connectivity index (χ2n) is 6.41. The molecule has 8 heteroatoms. The molecule has 0 aromatic heterocycles. The number of hydrogen-bond donors (Lipinski definition) is 2. The van der Waals surface area contributed by atoms with Crippen LogP contribution in [0.2, 0.25) is 0 Å². The molecule has 0 aromatic rings. The van der Waals surface area contributed by atoms with Gasteiger partial charge in [0.15, 0.2) is 0 Å². The van der Waals surface area contributed by atoms with Gasteiger partial charge in [0.05, 0.1) is 32.5 Å². The van der Waals surface area contributed by atoms with Crippen molar-refractivity contribution < 1.29 is 31.4 Å². The predicted molar refractivity (Wildman–Crippen MR) is 102 cm³/mol. The number of ether oxygens (including phenoxy) is 3. The number of rotatable bonds is 16. The molecule has 0 saturated heterocycles. The summed E-state index contributed by atoms with van der Waals surface area (Å²) in [5, 5.41) is 5.38. The average Bonchev–Trinajstić information content (AvgIpc) is 2.58. The standard InChI is InChI=1S/C18H34N2O6.2H2/c1-14(2)16(21)5-9-24-11-7-19-17(22)6-10-25-12-8-20-18(23)13-26-15(3)4;;/h14-15H,5-13H2,1-4H3,(H,19,22)(H,20,23);2*1H. The Balaban J connectivity index is -0.00000312. The van der Waals surface area contributed by atoms with E-state index in [0.29, 0.717) is 39.3 Å². The fraction of sp³-hybridized carbons (Fsp3) is 0.833. The molecule has 0 aliphatic carbocycles. The highest BCUT2D eigenvalue weighted by molar-refractivity contribution is 5.80. The Hall–Kier alpha value is -1.51.